The van der Waals surface area contributed by atoms with E-state index in [0.717, 1.165) is 19.0 Å². The Morgan fingerprint density at radius 1 is 1.05 bits per heavy atom. The van der Waals surface area contributed by atoms with Crippen molar-refractivity contribution in [3.05, 3.63) is 0 Å². The predicted molar refractivity (Wildman–Crippen MR) is 52.3 cm³/mol. The lowest BCUT2D eigenvalue weighted by atomic mass is 10.2. The molecule has 0 aliphatic rings. The number of carbonyl (C=O) groups excluding carboxylic acids is 2. The second kappa shape index (κ2) is 6.27. The summed E-state index contributed by atoms with van der Waals surface area (Å²) in [6.45, 7) is -3.61. The minimum Gasteiger partial charge on any atom is -0.347 e. The molecule has 0 atom stereocenters. The van der Waals surface area contributed by atoms with Crippen LogP contribution in [-0.4, -0.2) is 67.3 Å². The summed E-state index contributed by atoms with van der Waals surface area (Å²) in [4.78, 5) is 22.3. The Kier molecular flexibility index (Phi) is 5.78. The highest BCUT2D eigenvalue weighted by molar-refractivity contribution is 5.88. The van der Waals surface area contributed by atoms with Crippen LogP contribution in [0.2, 0.25) is 0 Å². The molecular weight excluding hydrogens is 301 g/mol. The van der Waals surface area contributed by atoms with Crippen LogP contribution in [0.4, 0.5) is 30.7 Å². The van der Waals surface area contributed by atoms with E-state index in [1.54, 1.807) is 0 Å². The van der Waals surface area contributed by atoms with Crippen molar-refractivity contribution in [3.63, 3.8) is 0 Å². The zero-order valence-corrected chi connectivity index (χ0v) is 10.3. The van der Waals surface area contributed by atoms with Gasteiger partial charge in [0.05, 0.1) is 0 Å². The molecule has 4 nitrogen and oxygen atoms in total. The Morgan fingerprint density at radius 3 is 1.80 bits per heavy atom. The Labute approximate surface area is 109 Å². The first-order valence-electron chi connectivity index (χ1n) is 5.01. The first-order chi connectivity index (χ1) is 8.79. The number of hydrogen-bond acceptors (Lipinski definition) is 2. The van der Waals surface area contributed by atoms with Gasteiger partial charge < -0.3 is 9.80 Å². The molecule has 0 rings (SSSR count). The number of nitrogens with zero attached hydrogens (tertiary/aromatic N) is 2. The molecule has 0 aliphatic carbocycles. The molecule has 0 saturated heterocycles. The van der Waals surface area contributed by atoms with Gasteiger partial charge in [-0.05, 0) is 0 Å². The summed E-state index contributed by atoms with van der Waals surface area (Å²) in [6, 6.07) is 0. The van der Waals surface area contributed by atoms with E-state index in [-0.39, 0.29) is 0 Å². The Balaban J connectivity index is 5.22. The maximum Gasteiger partial charge on any atom is 0.406 e. The van der Waals surface area contributed by atoms with Crippen molar-refractivity contribution in [1.82, 2.24) is 9.80 Å². The number of carbonyl (C=O) groups is 2. The second-order valence-corrected chi connectivity index (χ2v) is 3.99. The summed E-state index contributed by atoms with van der Waals surface area (Å²) >= 11 is 0. The van der Waals surface area contributed by atoms with Crippen molar-refractivity contribution in [1.29, 1.82) is 0 Å². The summed E-state index contributed by atoms with van der Waals surface area (Å²) in [5.41, 5.74) is 0. The minimum atomic E-state index is -5.29. The highest BCUT2D eigenvalue weighted by Crippen LogP contribution is 2.27. The average Bonchev–Trinajstić information content (AvgIpc) is 2.24. The number of amides is 2. The molecule has 0 unspecified atom stereocenters. The van der Waals surface area contributed by atoms with Crippen molar-refractivity contribution in [2.45, 2.75) is 18.5 Å². The Bertz CT molecular complexity index is 368. The molecular formula is C9H11F7N2O2. The Morgan fingerprint density at radius 2 is 1.50 bits per heavy atom. The van der Waals surface area contributed by atoms with E-state index in [4.69, 9.17) is 0 Å². The lowest BCUT2D eigenvalue weighted by Crippen LogP contribution is -2.53. The fourth-order valence-electron chi connectivity index (χ4n) is 1.02. The molecule has 0 bridgehead atoms. The van der Waals surface area contributed by atoms with E-state index in [1.807, 2.05) is 0 Å². The maximum atomic E-state index is 12.8. The largest absolute Gasteiger partial charge is 0.406 e. The van der Waals surface area contributed by atoms with Gasteiger partial charge in [-0.25, -0.2) is 8.78 Å². The summed E-state index contributed by atoms with van der Waals surface area (Å²) in [5.74, 6) is -9.16. The quantitative estimate of drug-likeness (QED) is 0.719. The molecule has 118 valence electrons. The van der Waals surface area contributed by atoms with Gasteiger partial charge >= 0.3 is 18.5 Å². The molecule has 0 fully saturated rings. The summed E-state index contributed by atoms with van der Waals surface area (Å²) in [7, 11) is 2.20. The molecule has 0 radical (unpaired) electrons. The number of rotatable bonds is 5. The van der Waals surface area contributed by atoms with Crippen LogP contribution < -0.4 is 0 Å². The second-order valence-electron chi connectivity index (χ2n) is 3.99. The maximum absolute atomic E-state index is 12.8. The fraction of sp³-hybridized carbons (Fsp3) is 0.778. The molecule has 11 heteroatoms. The van der Waals surface area contributed by atoms with Crippen LogP contribution in [0.25, 0.3) is 0 Å². The predicted octanol–water partition coefficient (Wildman–Crippen LogP) is 1.37. The van der Waals surface area contributed by atoms with E-state index in [1.165, 1.54) is 0 Å². The number of halogens is 7. The Hall–Kier alpha value is -1.55. The van der Waals surface area contributed by atoms with Gasteiger partial charge in [-0.2, -0.15) is 22.0 Å². The molecule has 0 spiro atoms. The van der Waals surface area contributed by atoms with Gasteiger partial charge in [-0.3, -0.25) is 9.59 Å². The molecule has 0 aromatic heterocycles. The van der Waals surface area contributed by atoms with Crippen LogP contribution in [-0.2, 0) is 9.59 Å². The number of hydrogen-bond donors (Lipinski definition) is 0. The van der Waals surface area contributed by atoms with Crippen LogP contribution in [0.5, 0.6) is 0 Å². The van der Waals surface area contributed by atoms with E-state index >= 15 is 0 Å². The summed E-state index contributed by atoms with van der Waals surface area (Å²) in [5, 5.41) is 0. The zero-order valence-electron chi connectivity index (χ0n) is 10.3. The first-order valence-corrected chi connectivity index (χ1v) is 5.01. The van der Waals surface area contributed by atoms with Crippen molar-refractivity contribution in [3.8, 4) is 0 Å². The third-order valence-corrected chi connectivity index (χ3v) is 2.04. The molecule has 2 amide bonds. The fourth-order valence-corrected chi connectivity index (χ4v) is 1.02. The lowest BCUT2D eigenvalue weighted by molar-refractivity contribution is -0.194. The molecule has 0 aliphatic heterocycles. The third-order valence-electron chi connectivity index (χ3n) is 2.04. The van der Waals surface area contributed by atoms with Gasteiger partial charge in [-0.1, -0.05) is 0 Å². The lowest BCUT2D eigenvalue weighted by Gasteiger charge is -2.27. The molecule has 0 aromatic carbocycles. The molecule has 0 heterocycles. The molecule has 20 heavy (non-hydrogen) atoms. The van der Waals surface area contributed by atoms with Crippen molar-refractivity contribution >= 4 is 11.8 Å². The first kappa shape index (κ1) is 18.4. The van der Waals surface area contributed by atoms with Gasteiger partial charge in [-0.15, -0.1) is 0 Å². The number of likely N-dealkylation sites (N-methyl/N-ethyl adjacent to an activating group) is 1. The van der Waals surface area contributed by atoms with E-state index in [2.05, 4.69) is 0 Å². The highest BCUT2D eigenvalue weighted by atomic mass is 19.4. The van der Waals surface area contributed by atoms with Gasteiger partial charge in [0.15, 0.2) is 0 Å². The molecule has 0 aromatic rings. The summed E-state index contributed by atoms with van der Waals surface area (Å²) < 4.78 is 86.0. The van der Waals surface area contributed by atoms with E-state index in [0.29, 0.717) is 0 Å². The monoisotopic (exact) mass is 312 g/mol. The highest BCUT2D eigenvalue weighted by Gasteiger charge is 2.53. The third kappa shape index (κ3) is 5.21. The minimum absolute atomic E-state index is 0.644. The van der Waals surface area contributed by atoms with Crippen LogP contribution in [0.1, 0.15) is 0 Å². The van der Waals surface area contributed by atoms with Crippen LogP contribution in [0, 0.1) is 0 Å². The molecule has 0 N–H and O–H groups in total. The topological polar surface area (TPSA) is 40.6 Å². The van der Waals surface area contributed by atoms with Gasteiger partial charge in [0.2, 0.25) is 5.91 Å². The zero-order chi connectivity index (χ0) is 16.3. The molecule has 0 saturated carbocycles. The van der Waals surface area contributed by atoms with Crippen LogP contribution in [0.15, 0.2) is 0 Å². The van der Waals surface area contributed by atoms with Crippen molar-refractivity contribution < 1.29 is 40.3 Å². The van der Waals surface area contributed by atoms with Crippen LogP contribution in [0.3, 0.4) is 0 Å². The van der Waals surface area contributed by atoms with Crippen molar-refractivity contribution in [2.75, 3.05) is 27.2 Å². The van der Waals surface area contributed by atoms with E-state index < -0.39 is 48.3 Å². The standard InChI is InChI=1S/C9H11F7N2O2/c1-17(2)5(19)3-18(4-8(12,13)14)7(20)9(15,16)6(10)11/h6H,3-4H2,1-2H3. The normalized spacial score (nSPS) is 12.5. The van der Waals surface area contributed by atoms with Gasteiger partial charge in [0, 0.05) is 14.1 Å². The van der Waals surface area contributed by atoms with Gasteiger partial charge in [0.25, 0.3) is 5.91 Å². The van der Waals surface area contributed by atoms with Crippen molar-refractivity contribution in [2.24, 2.45) is 0 Å². The smallest absolute Gasteiger partial charge is 0.347 e. The van der Waals surface area contributed by atoms with Crippen LogP contribution >= 0.6 is 0 Å². The average molecular weight is 312 g/mol. The number of alkyl halides is 7. The summed E-state index contributed by atoms with van der Waals surface area (Å²) in [6.07, 6.45) is -9.58. The van der Waals surface area contributed by atoms with E-state index in [9.17, 15) is 40.3 Å². The SMILES string of the molecule is CN(C)C(=O)CN(CC(F)(F)F)C(=O)C(F)(F)C(F)F. The van der Waals surface area contributed by atoms with Gasteiger partial charge in [0.1, 0.15) is 13.1 Å².